The van der Waals surface area contributed by atoms with Crippen molar-refractivity contribution in [1.29, 1.82) is 0 Å². The third-order valence-electron chi connectivity index (χ3n) is 2.99. The Morgan fingerprint density at radius 1 is 1.32 bits per heavy atom. The standard InChI is InChI=1S/C15H23NO3/c1-5-12(10-17)15(18)16(4)13-6-8-14(9-7-13)19-11(2)3/h6-9,11-12,17H,5,10H2,1-4H3. The van der Waals surface area contributed by atoms with Crippen LogP contribution < -0.4 is 9.64 Å². The van der Waals surface area contributed by atoms with Crippen LogP contribution in [0.25, 0.3) is 0 Å². The Balaban J connectivity index is 2.77. The largest absolute Gasteiger partial charge is 0.491 e. The van der Waals surface area contributed by atoms with Gasteiger partial charge in [-0.1, -0.05) is 6.92 Å². The monoisotopic (exact) mass is 265 g/mol. The van der Waals surface area contributed by atoms with Crippen LogP contribution in [0.5, 0.6) is 5.75 Å². The summed E-state index contributed by atoms with van der Waals surface area (Å²) in [6.07, 6.45) is 0.762. The van der Waals surface area contributed by atoms with Gasteiger partial charge in [0.25, 0.3) is 0 Å². The number of carbonyl (C=O) groups is 1. The SMILES string of the molecule is CCC(CO)C(=O)N(C)c1ccc(OC(C)C)cc1. The van der Waals surface area contributed by atoms with E-state index in [9.17, 15) is 4.79 Å². The van der Waals surface area contributed by atoms with E-state index in [1.54, 1.807) is 11.9 Å². The smallest absolute Gasteiger partial charge is 0.232 e. The highest BCUT2D eigenvalue weighted by Crippen LogP contribution is 2.21. The highest BCUT2D eigenvalue weighted by molar-refractivity contribution is 5.94. The van der Waals surface area contributed by atoms with Crippen LogP contribution in [0.3, 0.4) is 0 Å². The molecule has 0 aliphatic heterocycles. The van der Waals surface area contributed by atoms with Gasteiger partial charge in [0.2, 0.25) is 5.91 Å². The molecule has 4 heteroatoms. The van der Waals surface area contributed by atoms with Gasteiger partial charge in [0.1, 0.15) is 5.75 Å². The number of benzene rings is 1. The molecule has 0 radical (unpaired) electrons. The average Bonchev–Trinajstić information content (AvgIpc) is 2.39. The topological polar surface area (TPSA) is 49.8 Å². The van der Waals surface area contributed by atoms with E-state index in [1.165, 1.54) is 0 Å². The van der Waals surface area contributed by atoms with Crippen LogP contribution in [0, 0.1) is 5.92 Å². The molecule has 0 saturated carbocycles. The number of hydrogen-bond donors (Lipinski definition) is 1. The number of anilines is 1. The first-order valence-electron chi connectivity index (χ1n) is 6.64. The van der Waals surface area contributed by atoms with Crippen molar-refractivity contribution in [2.24, 2.45) is 5.92 Å². The molecule has 0 fully saturated rings. The molecule has 1 amide bonds. The Bertz CT molecular complexity index is 396. The molecule has 106 valence electrons. The lowest BCUT2D eigenvalue weighted by atomic mass is 10.1. The number of rotatable bonds is 6. The van der Waals surface area contributed by atoms with Crippen molar-refractivity contribution in [2.75, 3.05) is 18.6 Å². The van der Waals surface area contributed by atoms with Crippen molar-refractivity contribution >= 4 is 11.6 Å². The minimum atomic E-state index is -0.336. The number of aliphatic hydroxyl groups excluding tert-OH is 1. The number of aliphatic hydroxyl groups is 1. The Hall–Kier alpha value is -1.55. The molecular formula is C15H23NO3. The number of ether oxygens (including phenoxy) is 1. The fourth-order valence-corrected chi connectivity index (χ4v) is 1.80. The summed E-state index contributed by atoms with van der Waals surface area (Å²) >= 11 is 0. The maximum atomic E-state index is 12.1. The van der Waals surface area contributed by atoms with Gasteiger partial charge in [-0.2, -0.15) is 0 Å². The zero-order chi connectivity index (χ0) is 14.4. The summed E-state index contributed by atoms with van der Waals surface area (Å²) in [4.78, 5) is 13.7. The first-order valence-corrected chi connectivity index (χ1v) is 6.64. The average molecular weight is 265 g/mol. The van der Waals surface area contributed by atoms with Gasteiger partial charge in [-0.15, -0.1) is 0 Å². The van der Waals surface area contributed by atoms with E-state index in [0.29, 0.717) is 6.42 Å². The molecule has 4 nitrogen and oxygen atoms in total. The van der Waals surface area contributed by atoms with Gasteiger partial charge in [0, 0.05) is 12.7 Å². The van der Waals surface area contributed by atoms with E-state index in [2.05, 4.69) is 0 Å². The number of hydrogen-bond acceptors (Lipinski definition) is 3. The summed E-state index contributed by atoms with van der Waals surface area (Å²) < 4.78 is 5.56. The summed E-state index contributed by atoms with van der Waals surface area (Å²) in [6.45, 7) is 5.72. The van der Waals surface area contributed by atoms with Gasteiger partial charge in [-0.25, -0.2) is 0 Å². The molecule has 1 aromatic carbocycles. The predicted octanol–water partition coefficient (Wildman–Crippen LogP) is 2.46. The van der Waals surface area contributed by atoms with Crippen LogP contribution in [0.2, 0.25) is 0 Å². The van der Waals surface area contributed by atoms with Crippen LogP contribution in [0.4, 0.5) is 5.69 Å². The molecule has 19 heavy (non-hydrogen) atoms. The summed E-state index contributed by atoms with van der Waals surface area (Å²) in [6, 6.07) is 7.39. The Labute approximate surface area is 115 Å². The molecule has 0 aliphatic carbocycles. The van der Waals surface area contributed by atoms with Gasteiger partial charge in [0.15, 0.2) is 0 Å². The second-order valence-corrected chi connectivity index (χ2v) is 4.85. The van der Waals surface area contributed by atoms with E-state index in [1.807, 2.05) is 45.0 Å². The minimum Gasteiger partial charge on any atom is -0.491 e. The number of carbonyl (C=O) groups excluding carboxylic acids is 1. The lowest BCUT2D eigenvalue weighted by Crippen LogP contribution is -2.34. The van der Waals surface area contributed by atoms with Crippen molar-refractivity contribution in [3.63, 3.8) is 0 Å². The molecule has 1 unspecified atom stereocenters. The molecule has 0 spiro atoms. The Morgan fingerprint density at radius 2 is 1.89 bits per heavy atom. The summed E-state index contributed by atoms with van der Waals surface area (Å²) in [7, 11) is 1.72. The van der Waals surface area contributed by atoms with E-state index >= 15 is 0 Å². The molecule has 1 rings (SSSR count). The molecule has 0 bridgehead atoms. The molecule has 0 aromatic heterocycles. The Morgan fingerprint density at radius 3 is 2.32 bits per heavy atom. The third-order valence-corrected chi connectivity index (χ3v) is 2.99. The first-order chi connectivity index (χ1) is 8.99. The quantitative estimate of drug-likeness (QED) is 0.859. The molecule has 0 saturated heterocycles. The fourth-order valence-electron chi connectivity index (χ4n) is 1.80. The lowest BCUT2D eigenvalue weighted by Gasteiger charge is -2.22. The first kappa shape index (κ1) is 15.5. The number of amides is 1. The fraction of sp³-hybridized carbons (Fsp3) is 0.533. The van der Waals surface area contributed by atoms with Crippen molar-refractivity contribution in [2.45, 2.75) is 33.3 Å². The minimum absolute atomic E-state index is 0.0671. The summed E-state index contributed by atoms with van der Waals surface area (Å²) in [5.74, 6) is 0.382. The van der Waals surface area contributed by atoms with E-state index < -0.39 is 0 Å². The van der Waals surface area contributed by atoms with Crippen molar-refractivity contribution < 1.29 is 14.6 Å². The van der Waals surface area contributed by atoms with Crippen LogP contribution in [0.1, 0.15) is 27.2 Å². The Kier molecular flexibility index (Phi) is 5.83. The van der Waals surface area contributed by atoms with Crippen molar-refractivity contribution in [3.8, 4) is 5.75 Å². The zero-order valence-electron chi connectivity index (χ0n) is 12.1. The molecule has 0 heterocycles. The molecule has 1 N–H and O–H groups in total. The highest BCUT2D eigenvalue weighted by Gasteiger charge is 2.20. The third kappa shape index (κ3) is 4.24. The summed E-state index contributed by atoms with van der Waals surface area (Å²) in [5, 5.41) is 9.17. The lowest BCUT2D eigenvalue weighted by molar-refractivity contribution is -0.123. The zero-order valence-corrected chi connectivity index (χ0v) is 12.1. The van der Waals surface area contributed by atoms with Gasteiger partial charge in [-0.3, -0.25) is 4.79 Å². The maximum absolute atomic E-state index is 12.1. The van der Waals surface area contributed by atoms with Gasteiger partial charge in [0.05, 0.1) is 18.6 Å². The maximum Gasteiger partial charge on any atom is 0.232 e. The van der Waals surface area contributed by atoms with E-state index in [4.69, 9.17) is 9.84 Å². The predicted molar refractivity (Wildman–Crippen MR) is 76.5 cm³/mol. The highest BCUT2D eigenvalue weighted by atomic mass is 16.5. The molecule has 0 aliphatic rings. The van der Waals surface area contributed by atoms with E-state index in [-0.39, 0.29) is 24.5 Å². The molecule has 1 atom stereocenters. The van der Waals surface area contributed by atoms with Crippen LogP contribution >= 0.6 is 0 Å². The van der Waals surface area contributed by atoms with Crippen LogP contribution in [-0.2, 0) is 4.79 Å². The second kappa shape index (κ2) is 7.14. The number of nitrogens with zero attached hydrogens (tertiary/aromatic N) is 1. The normalized spacial score (nSPS) is 12.3. The van der Waals surface area contributed by atoms with Crippen LogP contribution in [0.15, 0.2) is 24.3 Å². The second-order valence-electron chi connectivity index (χ2n) is 4.85. The van der Waals surface area contributed by atoms with Gasteiger partial charge in [-0.05, 0) is 44.5 Å². The molecular weight excluding hydrogens is 242 g/mol. The summed E-state index contributed by atoms with van der Waals surface area (Å²) in [5.41, 5.74) is 0.799. The van der Waals surface area contributed by atoms with E-state index in [0.717, 1.165) is 11.4 Å². The van der Waals surface area contributed by atoms with Gasteiger partial charge >= 0.3 is 0 Å². The van der Waals surface area contributed by atoms with Crippen molar-refractivity contribution in [3.05, 3.63) is 24.3 Å². The molecule has 1 aromatic rings. The van der Waals surface area contributed by atoms with Crippen molar-refractivity contribution in [1.82, 2.24) is 0 Å². The van der Waals surface area contributed by atoms with Gasteiger partial charge < -0.3 is 14.7 Å². The van der Waals surface area contributed by atoms with Crippen LogP contribution in [-0.4, -0.2) is 30.8 Å².